The maximum absolute atomic E-state index is 12.9. The molecule has 2 fully saturated rings. The molecule has 1 N–H and O–H groups in total. The van der Waals surface area contributed by atoms with Crippen molar-refractivity contribution in [3.05, 3.63) is 0 Å². The van der Waals surface area contributed by atoms with E-state index in [4.69, 9.17) is 4.74 Å². The van der Waals surface area contributed by atoms with Gasteiger partial charge in [-0.25, -0.2) is 0 Å². The van der Waals surface area contributed by atoms with Crippen molar-refractivity contribution >= 4 is 11.8 Å². The predicted octanol–water partition coefficient (Wildman–Crippen LogP) is 1.71. The van der Waals surface area contributed by atoms with Crippen LogP contribution in [0.4, 0.5) is 0 Å². The van der Waals surface area contributed by atoms with Gasteiger partial charge in [-0.05, 0) is 32.6 Å². The van der Waals surface area contributed by atoms with Gasteiger partial charge in [0.1, 0.15) is 6.04 Å². The highest BCUT2D eigenvalue weighted by Crippen LogP contribution is 2.29. The molecule has 2 rings (SSSR count). The van der Waals surface area contributed by atoms with E-state index in [0.717, 1.165) is 19.3 Å². The minimum absolute atomic E-state index is 0.0116. The molecule has 2 amide bonds. The highest BCUT2D eigenvalue weighted by atomic mass is 16.5. The topological polar surface area (TPSA) is 58.6 Å². The minimum Gasteiger partial charge on any atom is -0.375 e. The molecule has 2 aliphatic rings. The Kier molecular flexibility index (Phi) is 4.91. The number of rotatable bonds is 3. The fraction of sp³-hybridized carbons (Fsp3) is 0.875. The van der Waals surface area contributed by atoms with Gasteiger partial charge in [0.2, 0.25) is 11.8 Å². The first kappa shape index (κ1) is 16.3. The molecule has 2 saturated heterocycles. The summed E-state index contributed by atoms with van der Waals surface area (Å²) >= 11 is 0. The molecular formula is C16H28N2O3. The van der Waals surface area contributed by atoms with Gasteiger partial charge in [-0.3, -0.25) is 9.59 Å². The quantitative estimate of drug-likeness (QED) is 0.862. The van der Waals surface area contributed by atoms with Crippen molar-refractivity contribution in [3.63, 3.8) is 0 Å². The average Bonchev–Trinajstić information content (AvgIpc) is 2.56. The Hall–Kier alpha value is -1.10. The fourth-order valence-electron chi connectivity index (χ4n) is 3.27. The monoisotopic (exact) mass is 296 g/mol. The summed E-state index contributed by atoms with van der Waals surface area (Å²) < 4.78 is 5.75. The zero-order valence-corrected chi connectivity index (χ0v) is 13.6. The van der Waals surface area contributed by atoms with Gasteiger partial charge < -0.3 is 15.0 Å². The lowest BCUT2D eigenvalue weighted by Gasteiger charge is -2.41. The highest BCUT2D eigenvalue weighted by Gasteiger charge is 2.39. The van der Waals surface area contributed by atoms with E-state index in [1.807, 2.05) is 11.8 Å². The molecule has 5 heteroatoms. The van der Waals surface area contributed by atoms with Crippen molar-refractivity contribution in [2.45, 2.75) is 71.1 Å². The lowest BCUT2D eigenvalue weighted by atomic mass is 9.91. The van der Waals surface area contributed by atoms with Crippen LogP contribution in [-0.2, 0) is 14.3 Å². The van der Waals surface area contributed by atoms with Gasteiger partial charge in [0, 0.05) is 25.6 Å². The van der Waals surface area contributed by atoms with Gasteiger partial charge in [0.05, 0.1) is 5.60 Å². The molecule has 21 heavy (non-hydrogen) atoms. The molecule has 120 valence electrons. The van der Waals surface area contributed by atoms with Crippen molar-refractivity contribution in [1.82, 2.24) is 10.2 Å². The molecule has 0 spiro atoms. The Labute approximate surface area is 127 Å². The number of carbonyl (C=O) groups is 2. The van der Waals surface area contributed by atoms with E-state index in [9.17, 15) is 9.59 Å². The molecule has 3 unspecified atom stereocenters. The molecule has 2 heterocycles. The van der Waals surface area contributed by atoms with Crippen LogP contribution in [0.5, 0.6) is 0 Å². The van der Waals surface area contributed by atoms with Crippen LogP contribution in [0.15, 0.2) is 0 Å². The van der Waals surface area contributed by atoms with Crippen molar-refractivity contribution in [2.75, 3.05) is 13.2 Å². The van der Waals surface area contributed by atoms with Crippen molar-refractivity contribution in [3.8, 4) is 0 Å². The molecule has 0 aliphatic carbocycles. The predicted molar refractivity (Wildman–Crippen MR) is 80.8 cm³/mol. The Balaban J connectivity index is 2.17. The average molecular weight is 296 g/mol. The molecular weight excluding hydrogens is 268 g/mol. The van der Waals surface area contributed by atoms with Crippen LogP contribution in [0.2, 0.25) is 0 Å². The largest absolute Gasteiger partial charge is 0.375 e. The first-order valence-corrected chi connectivity index (χ1v) is 8.08. The summed E-state index contributed by atoms with van der Waals surface area (Å²) in [6.07, 6.45) is 2.97. The molecule has 0 radical (unpaired) electrons. The van der Waals surface area contributed by atoms with Crippen LogP contribution in [-0.4, -0.2) is 47.6 Å². The fourth-order valence-corrected chi connectivity index (χ4v) is 3.27. The second kappa shape index (κ2) is 6.34. The number of hydrogen-bond donors (Lipinski definition) is 1. The third-order valence-electron chi connectivity index (χ3n) is 4.77. The van der Waals surface area contributed by atoms with E-state index in [1.165, 1.54) is 0 Å². The van der Waals surface area contributed by atoms with Crippen LogP contribution in [0.1, 0.15) is 53.4 Å². The summed E-state index contributed by atoms with van der Waals surface area (Å²) in [6, 6.07) is -0.198. The van der Waals surface area contributed by atoms with E-state index < -0.39 is 0 Å². The van der Waals surface area contributed by atoms with Gasteiger partial charge in [0.25, 0.3) is 0 Å². The van der Waals surface area contributed by atoms with E-state index in [2.05, 4.69) is 26.1 Å². The Bertz CT molecular complexity index is 408. The van der Waals surface area contributed by atoms with Gasteiger partial charge in [-0.1, -0.05) is 20.3 Å². The Morgan fingerprint density at radius 2 is 2.14 bits per heavy atom. The molecule has 0 bridgehead atoms. The summed E-state index contributed by atoms with van der Waals surface area (Å²) in [5, 5.41) is 2.91. The molecule has 0 saturated carbocycles. The summed E-state index contributed by atoms with van der Waals surface area (Å²) in [5.41, 5.74) is -0.196. The molecule has 0 aromatic heterocycles. The van der Waals surface area contributed by atoms with E-state index >= 15 is 0 Å². The van der Waals surface area contributed by atoms with E-state index in [1.54, 1.807) is 0 Å². The van der Waals surface area contributed by atoms with Gasteiger partial charge in [0.15, 0.2) is 0 Å². The first-order valence-electron chi connectivity index (χ1n) is 8.08. The van der Waals surface area contributed by atoms with Gasteiger partial charge in [-0.15, -0.1) is 0 Å². The summed E-state index contributed by atoms with van der Waals surface area (Å²) in [4.78, 5) is 26.7. The third kappa shape index (κ3) is 3.76. The first-order chi connectivity index (χ1) is 9.84. The number of nitrogens with zero attached hydrogens (tertiary/aromatic N) is 1. The van der Waals surface area contributed by atoms with Gasteiger partial charge in [-0.2, -0.15) is 0 Å². The third-order valence-corrected chi connectivity index (χ3v) is 4.77. The van der Waals surface area contributed by atoms with Crippen molar-refractivity contribution in [2.24, 2.45) is 5.92 Å². The number of nitrogens with one attached hydrogen (secondary N) is 1. The van der Waals surface area contributed by atoms with Crippen molar-refractivity contribution in [1.29, 1.82) is 0 Å². The standard InChI is InChI=1S/C16H28N2O3/c1-5-11(2)14-15(20)18(8-6-13(19)17-14)12-7-9-21-16(3,4)10-12/h11-12,14H,5-10H2,1-4H3,(H,17,19). The maximum Gasteiger partial charge on any atom is 0.245 e. The molecule has 0 aromatic carbocycles. The van der Waals surface area contributed by atoms with E-state index in [-0.39, 0.29) is 35.4 Å². The van der Waals surface area contributed by atoms with Gasteiger partial charge >= 0.3 is 0 Å². The maximum atomic E-state index is 12.9. The molecule has 2 aliphatic heterocycles. The zero-order valence-electron chi connectivity index (χ0n) is 13.6. The Morgan fingerprint density at radius 1 is 1.43 bits per heavy atom. The number of carbonyl (C=O) groups excluding carboxylic acids is 2. The molecule has 5 nitrogen and oxygen atoms in total. The Morgan fingerprint density at radius 3 is 2.76 bits per heavy atom. The lowest BCUT2D eigenvalue weighted by molar-refractivity contribution is -0.142. The van der Waals surface area contributed by atoms with E-state index in [0.29, 0.717) is 19.6 Å². The normalized spacial score (nSPS) is 31.5. The SMILES string of the molecule is CCC(C)C1NC(=O)CCN(C2CCOC(C)(C)C2)C1=O. The summed E-state index contributed by atoms with van der Waals surface area (Å²) in [5.74, 6) is 0.232. The molecule has 0 aromatic rings. The summed E-state index contributed by atoms with van der Waals surface area (Å²) in [6.45, 7) is 9.42. The lowest BCUT2D eigenvalue weighted by Crippen LogP contribution is -2.54. The van der Waals surface area contributed by atoms with Crippen molar-refractivity contribution < 1.29 is 14.3 Å². The number of hydrogen-bond acceptors (Lipinski definition) is 3. The van der Waals surface area contributed by atoms with Crippen LogP contribution in [0, 0.1) is 5.92 Å². The zero-order chi connectivity index (χ0) is 15.6. The highest BCUT2D eigenvalue weighted by molar-refractivity contribution is 5.90. The van der Waals surface area contributed by atoms with Crippen LogP contribution in [0.25, 0.3) is 0 Å². The second-order valence-electron chi connectivity index (χ2n) is 6.97. The molecule has 3 atom stereocenters. The number of ether oxygens (including phenoxy) is 1. The second-order valence-corrected chi connectivity index (χ2v) is 6.97. The smallest absolute Gasteiger partial charge is 0.245 e. The van der Waals surface area contributed by atoms with Crippen LogP contribution >= 0.6 is 0 Å². The summed E-state index contributed by atoms with van der Waals surface area (Å²) in [7, 11) is 0. The van der Waals surface area contributed by atoms with Crippen LogP contribution in [0.3, 0.4) is 0 Å². The van der Waals surface area contributed by atoms with Crippen LogP contribution < -0.4 is 5.32 Å². The minimum atomic E-state index is -0.379. The number of amides is 2.